The van der Waals surface area contributed by atoms with Gasteiger partial charge in [-0.1, -0.05) is 6.08 Å². The van der Waals surface area contributed by atoms with Crippen molar-refractivity contribution in [3.63, 3.8) is 0 Å². The first-order chi connectivity index (χ1) is 5.83. The van der Waals surface area contributed by atoms with Crippen molar-refractivity contribution in [3.8, 4) is 0 Å². The molecule has 0 fully saturated rings. The van der Waals surface area contributed by atoms with Gasteiger partial charge in [-0.05, 0) is 43.8 Å². The van der Waals surface area contributed by atoms with Gasteiger partial charge in [-0.25, -0.2) is 4.39 Å². The predicted molar refractivity (Wildman–Crippen MR) is 49.1 cm³/mol. The summed E-state index contributed by atoms with van der Waals surface area (Å²) < 4.78 is 12.4. The molecule has 12 heavy (non-hydrogen) atoms. The van der Waals surface area contributed by atoms with Crippen LogP contribution in [0.3, 0.4) is 0 Å². The van der Waals surface area contributed by atoms with Gasteiger partial charge in [-0.2, -0.15) is 0 Å². The van der Waals surface area contributed by atoms with Crippen molar-refractivity contribution in [2.24, 2.45) is 0 Å². The molecule has 0 atom stereocenters. The first-order valence-corrected chi connectivity index (χ1v) is 3.79. The highest BCUT2D eigenvalue weighted by Gasteiger charge is 1.88. The van der Waals surface area contributed by atoms with Crippen LogP contribution >= 0.6 is 0 Å². The Morgan fingerprint density at radius 1 is 1.33 bits per heavy atom. The molecule has 0 aliphatic carbocycles. The Hall–Kier alpha value is -1.31. The molecule has 0 spiro atoms. The highest BCUT2D eigenvalue weighted by Crippen LogP contribution is 2.07. The molecule has 1 N–H and O–H groups in total. The van der Waals surface area contributed by atoms with Crippen molar-refractivity contribution in [1.82, 2.24) is 0 Å². The van der Waals surface area contributed by atoms with Gasteiger partial charge in [0, 0.05) is 5.69 Å². The van der Waals surface area contributed by atoms with Gasteiger partial charge in [0.25, 0.3) is 0 Å². The second kappa shape index (κ2) is 4.54. The standard InChI is InChI=1S/C10H11FN/c1-2-3-8-12-10-6-4-9(11)5-7-10/h3-8,12H,1-2H2. The Labute approximate surface area is 71.9 Å². The molecule has 0 unspecified atom stereocenters. The topological polar surface area (TPSA) is 12.0 Å². The lowest BCUT2D eigenvalue weighted by Gasteiger charge is -1.98. The second-order valence-corrected chi connectivity index (χ2v) is 2.34. The van der Waals surface area contributed by atoms with E-state index in [1.54, 1.807) is 18.3 Å². The molecule has 1 aromatic rings. The van der Waals surface area contributed by atoms with Crippen LogP contribution in [0.1, 0.15) is 6.42 Å². The quantitative estimate of drug-likeness (QED) is 0.724. The first kappa shape index (κ1) is 8.78. The van der Waals surface area contributed by atoms with Crippen molar-refractivity contribution in [2.45, 2.75) is 6.42 Å². The van der Waals surface area contributed by atoms with E-state index in [1.165, 1.54) is 12.1 Å². The molecule has 63 valence electrons. The zero-order valence-corrected chi connectivity index (χ0v) is 6.76. The maximum Gasteiger partial charge on any atom is 0.123 e. The van der Waals surface area contributed by atoms with E-state index in [2.05, 4.69) is 12.2 Å². The van der Waals surface area contributed by atoms with Gasteiger partial charge in [0.05, 0.1) is 0 Å². The Balaban J connectivity index is 2.53. The zero-order chi connectivity index (χ0) is 8.81. The molecule has 0 amide bonds. The van der Waals surface area contributed by atoms with E-state index in [9.17, 15) is 4.39 Å². The molecule has 0 aliphatic heterocycles. The lowest BCUT2D eigenvalue weighted by Crippen LogP contribution is -1.86. The fraction of sp³-hybridized carbons (Fsp3) is 0.100. The molecule has 1 aromatic carbocycles. The van der Waals surface area contributed by atoms with Gasteiger partial charge >= 0.3 is 0 Å². The summed E-state index contributed by atoms with van der Waals surface area (Å²) in [5, 5.41) is 2.99. The Bertz CT molecular complexity index is 251. The number of benzene rings is 1. The van der Waals surface area contributed by atoms with Gasteiger partial charge in [0.2, 0.25) is 0 Å². The Kier molecular flexibility index (Phi) is 3.33. The van der Waals surface area contributed by atoms with Crippen molar-refractivity contribution in [1.29, 1.82) is 0 Å². The summed E-state index contributed by atoms with van der Waals surface area (Å²) in [6.45, 7) is 3.64. The maximum atomic E-state index is 12.4. The third kappa shape index (κ3) is 2.74. The number of rotatable bonds is 3. The van der Waals surface area contributed by atoms with Gasteiger partial charge in [0.15, 0.2) is 0 Å². The molecule has 1 rings (SSSR count). The number of anilines is 1. The lowest BCUT2D eigenvalue weighted by molar-refractivity contribution is 0.628. The van der Waals surface area contributed by atoms with Gasteiger partial charge < -0.3 is 5.32 Å². The smallest absolute Gasteiger partial charge is 0.123 e. The summed E-state index contributed by atoms with van der Waals surface area (Å²) in [5.74, 6) is -0.221. The highest BCUT2D eigenvalue weighted by molar-refractivity contribution is 5.45. The predicted octanol–water partition coefficient (Wildman–Crippen LogP) is 2.98. The van der Waals surface area contributed by atoms with Crippen LogP contribution in [0.5, 0.6) is 0 Å². The van der Waals surface area contributed by atoms with Crippen LogP contribution in [0.25, 0.3) is 0 Å². The van der Waals surface area contributed by atoms with Crippen LogP contribution < -0.4 is 5.32 Å². The Morgan fingerprint density at radius 3 is 2.58 bits per heavy atom. The van der Waals surface area contributed by atoms with E-state index in [4.69, 9.17) is 0 Å². The van der Waals surface area contributed by atoms with E-state index >= 15 is 0 Å². The molecule has 0 aliphatic rings. The summed E-state index contributed by atoms with van der Waals surface area (Å²) in [5.41, 5.74) is 0.876. The molecule has 0 saturated heterocycles. The second-order valence-electron chi connectivity index (χ2n) is 2.34. The van der Waals surface area contributed by atoms with Gasteiger partial charge in [-0.3, -0.25) is 0 Å². The third-order valence-corrected chi connectivity index (χ3v) is 1.38. The SMILES string of the molecule is [CH2]CC=CNc1ccc(F)cc1. The van der Waals surface area contributed by atoms with Crippen LogP contribution in [0.2, 0.25) is 0 Å². The normalized spacial score (nSPS) is 10.5. The zero-order valence-electron chi connectivity index (χ0n) is 6.76. The molecule has 0 bridgehead atoms. The molecule has 1 nitrogen and oxygen atoms in total. The fourth-order valence-corrected chi connectivity index (χ4v) is 0.785. The van der Waals surface area contributed by atoms with E-state index in [0.29, 0.717) is 0 Å². The van der Waals surface area contributed by atoms with Gasteiger partial charge in [-0.15, -0.1) is 0 Å². The van der Waals surface area contributed by atoms with Crippen molar-refractivity contribution in [3.05, 3.63) is 49.3 Å². The summed E-state index contributed by atoms with van der Waals surface area (Å²) in [4.78, 5) is 0. The molecule has 0 saturated carbocycles. The van der Waals surface area contributed by atoms with E-state index in [-0.39, 0.29) is 5.82 Å². The van der Waals surface area contributed by atoms with Crippen LogP contribution in [0.15, 0.2) is 36.5 Å². The van der Waals surface area contributed by atoms with E-state index < -0.39 is 0 Å². The fourth-order valence-electron chi connectivity index (χ4n) is 0.785. The average Bonchev–Trinajstić information content (AvgIpc) is 2.09. The maximum absolute atomic E-state index is 12.4. The van der Waals surface area contributed by atoms with Crippen molar-refractivity contribution < 1.29 is 4.39 Å². The third-order valence-electron chi connectivity index (χ3n) is 1.38. The Morgan fingerprint density at radius 2 is 2.00 bits per heavy atom. The van der Waals surface area contributed by atoms with Crippen molar-refractivity contribution >= 4 is 5.69 Å². The van der Waals surface area contributed by atoms with Crippen molar-refractivity contribution in [2.75, 3.05) is 5.32 Å². The van der Waals surface area contributed by atoms with Gasteiger partial charge in [0.1, 0.15) is 5.82 Å². The molecule has 2 heteroatoms. The summed E-state index contributed by atoms with van der Waals surface area (Å²) in [7, 11) is 0. The number of hydrogen-bond donors (Lipinski definition) is 1. The summed E-state index contributed by atoms with van der Waals surface area (Å²) in [6.07, 6.45) is 4.43. The molecule has 0 heterocycles. The number of hydrogen-bond acceptors (Lipinski definition) is 1. The largest absolute Gasteiger partial charge is 0.362 e. The minimum absolute atomic E-state index is 0.221. The molecule has 1 radical (unpaired) electrons. The minimum Gasteiger partial charge on any atom is -0.362 e. The number of allylic oxidation sites excluding steroid dienone is 1. The lowest BCUT2D eigenvalue weighted by atomic mass is 10.3. The van der Waals surface area contributed by atoms with E-state index in [0.717, 1.165) is 12.1 Å². The minimum atomic E-state index is -0.221. The van der Waals surface area contributed by atoms with E-state index in [1.807, 2.05) is 6.08 Å². The monoisotopic (exact) mass is 164 g/mol. The molecular weight excluding hydrogens is 153 g/mol. The van der Waals surface area contributed by atoms with Crippen LogP contribution in [0.4, 0.5) is 10.1 Å². The molecule has 0 aromatic heterocycles. The molecular formula is C10H11FN. The van der Waals surface area contributed by atoms with Crippen LogP contribution in [-0.2, 0) is 0 Å². The first-order valence-electron chi connectivity index (χ1n) is 3.79. The number of halogens is 1. The van der Waals surface area contributed by atoms with Crippen LogP contribution in [0, 0.1) is 12.7 Å². The average molecular weight is 164 g/mol. The number of nitrogens with one attached hydrogen (secondary N) is 1. The summed E-state index contributed by atoms with van der Waals surface area (Å²) >= 11 is 0. The van der Waals surface area contributed by atoms with Crippen LogP contribution in [-0.4, -0.2) is 0 Å². The highest BCUT2D eigenvalue weighted by atomic mass is 19.1. The summed E-state index contributed by atoms with van der Waals surface area (Å²) in [6, 6.07) is 6.20.